The summed E-state index contributed by atoms with van der Waals surface area (Å²) in [4.78, 5) is 37.0. The lowest BCUT2D eigenvalue weighted by molar-refractivity contribution is -0.117. The second-order valence-corrected chi connectivity index (χ2v) is 7.00. The van der Waals surface area contributed by atoms with Gasteiger partial charge in [-0.2, -0.15) is 0 Å². The number of para-hydroxylation sites is 1. The maximum Gasteiger partial charge on any atom is 0.338 e. The molecule has 2 aromatic carbocycles. The van der Waals surface area contributed by atoms with Crippen LogP contribution in [0.5, 0.6) is 0 Å². The van der Waals surface area contributed by atoms with E-state index in [-0.39, 0.29) is 24.8 Å². The van der Waals surface area contributed by atoms with Gasteiger partial charge < -0.3 is 15.4 Å². The highest BCUT2D eigenvalue weighted by Crippen LogP contribution is 2.17. The number of hydrogen-bond acceptors (Lipinski definition) is 6. The van der Waals surface area contributed by atoms with Gasteiger partial charge in [0.05, 0.1) is 17.9 Å². The van der Waals surface area contributed by atoms with Crippen LogP contribution < -0.4 is 10.6 Å². The smallest absolute Gasteiger partial charge is 0.338 e. The van der Waals surface area contributed by atoms with Gasteiger partial charge in [0.2, 0.25) is 5.91 Å². The topological polar surface area (TPSA) is 115 Å². The molecule has 0 bridgehead atoms. The van der Waals surface area contributed by atoms with Crippen LogP contribution in [0.4, 0.5) is 11.4 Å². The number of esters is 1. The Balaban J connectivity index is 1.66. The zero-order valence-corrected chi connectivity index (χ0v) is 18.2. The molecule has 9 heteroatoms. The van der Waals surface area contributed by atoms with Crippen molar-refractivity contribution in [3.63, 3.8) is 0 Å². The van der Waals surface area contributed by atoms with E-state index in [4.69, 9.17) is 4.74 Å². The van der Waals surface area contributed by atoms with Crippen LogP contribution in [0.25, 0.3) is 0 Å². The second kappa shape index (κ2) is 10.3. The minimum atomic E-state index is -0.462. The van der Waals surface area contributed by atoms with Gasteiger partial charge in [-0.05, 0) is 50.1 Å². The molecule has 1 aromatic heterocycles. The molecule has 166 valence electrons. The number of ether oxygens (including phenoxy) is 1. The van der Waals surface area contributed by atoms with E-state index in [1.54, 1.807) is 32.0 Å². The molecule has 0 saturated carbocycles. The van der Waals surface area contributed by atoms with E-state index in [0.29, 0.717) is 22.6 Å². The lowest BCUT2D eigenvalue weighted by Crippen LogP contribution is -2.21. The third kappa shape index (κ3) is 5.37. The summed E-state index contributed by atoms with van der Waals surface area (Å²) in [5.41, 5.74) is 3.13. The van der Waals surface area contributed by atoms with Crippen LogP contribution in [-0.4, -0.2) is 39.4 Å². The highest BCUT2D eigenvalue weighted by molar-refractivity contribution is 6.04. The Morgan fingerprint density at radius 2 is 1.81 bits per heavy atom. The van der Waals surface area contributed by atoms with Crippen molar-refractivity contribution >= 4 is 29.2 Å². The quantitative estimate of drug-likeness (QED) is 0.525. The Labute approximate surface area is 185 Å². The van der Waals surface area contributed by atoms with E-state index < -0.39 is 11.9 Å². The van der Waals surface area contributed by atoms with E-state index >= 15 is 0 Å². The molecule has 0 aliphatic heterocycles. The van der Waals surface area contributed by atoms with Crippen LogP contribution in [0.3, 0.4) is 0 Å². The molecule has 0 aliphatic carbocycles. The molecule has 0 radical (unpaired) electrons. The molecule has 3 rings (SSSR count). The number of aryl methyl sites for hydroxylation is 1. The van der Waals surface area contributed by atoms with Crippen molar-refractivity contribution < 1.29 is 19.1 Å². The summed E-state index contributed by atoms with van der Waals surface area (Å²) >= 11 is 0. The lowest BCUT2D eigenvalue weighted by Gasteiger charge is -2.09. The Morgan fingerprint density at radius 3 is 2.56 bits per heavy atom. The SMILES string of the molecule is CCOC(=O)c1cccc(NC(=O)Cn2nnc(C(=O)Nc3ccccc3CC)c2C)c1. The average Bonchev–Trinajstić information content (AvgIpc) is 3.14. The maximum absolute atomic E-state index is 12.7. The molecule has 2 amide bonds. The molecule has 0 fully saturated rings. The van der Waals surface area contributed by atoms with Gasteiger partial charge in [-0.25, -0.2) is 9.48 Å². The number of benzene rings is 2. The zero-order chi connectivity index (χ0) is 23.1. The van der Waals surface area contributed by atoms with Gasteiger partial charge in [-0.3, -0.25) is 9.59 Å². The van der Waals surface area contributed by atoms with Crippen molar-refractivity contribution in [1.82, 2.24) is 15.0 Å². The van der Waals surface area contributed by atoms with Gasteiger partial charge in [-0.15, -0.1) is 5.10 Å². The first-order valence-electron chi connectivity index (χ1n) is 10.3. The number of aromatic nitrogens is 3. The number of nitrogens with one attached hydrogen (secondary N) is 2. The summed E-state index contributed by atoms with van der Waals surface area (Å²) in [5, 5.41) is 13.5. The number of rotatable bonds is 8. The molecule has 1 heterocycles. The normalized spacial score (nSPS) is 10.5. The molecule has 0 spiro atoms. The fraction of sp³-hybridized carbons (Fsp3) is 0.261. The van der Waals surface area contributed by atoms with E-state index in [1.807, 2.05) is 31.2 Å². The van der Waals surface area contributed by atoms with E-state index in [9.17, 15) is 14.4 Å². The summed E-state index contributed by atoms with van der Waals surface area (Å²) in [7, 11) is 0. The van der Waals surface area contributed by atoms with Crippen LogP contribution in [0.2, 0.25) is 0 Å². The largest absolute Gasteiger partial charge is 0.462 e. The number of carbonyl (C=O) groups excluding carboxylic acids is 3. The molecular weight excluding hydrogens is 410 g/mol. The number of anilines is 2. The molecule has 32 heavy (non-hydrogen) atoms. The molecule has 2 N–H and O–H groups in total. The molecule has 0 saturated heterocycles. The molecule has 0 aliphatic rings. The number of carbonyl (C=O) groups is 3. The van der Waals surface area contributed by atoms with Gasteiger partial charge >= 0.3 is 5.97 Å². The lowest BCUT2D eigenvalue weighted by atomic mass is 10.1. The van der Waals surface area contributed by atoms with Crippen molar-refractivity contribution in [2.45, 2.75) is 33.7 Å². The van der Waals surface area contributed by atoms with Crippen molar-refractivity contribution in [1.29, 1.82) is 0 Å². The maximum atomic E-state index is 12.7. The van der Waals surface area contributed by atoms with Crippen molar-refractivity contribution in [2.24, 2.45) is 0 Å². The van der Waals surface area contributed by atoms with Crippen molar-refractivity contribution in [3.8, 4) is 0 Å². The standard InChI is InChI=1S/C23H25N5O4/c1-4-16-9-6-7-12-19(16)25-22(30)21-15(3)28(27-26-21)14-20(29)24-18-11-8-10-17(13-18)23(31)32-5-2/h6-13H,4-5,14H2,1-3H3,(H,24,29)(H,25,30). The fourth-order valence-corrected chi connectivity index (χ4v) is 3.13. The fourth-order valence-electron chi connectivity index (χ4n) is 3.13. The summed E-state index contributed by atoms with van der Waals surface area (Å²) in [6.07, 6.45) is 0.777. The third-order valence-electron chi connectivity index (χ3n) is 4.79. The molecule has 9 nitrogen and oxygen atoms in total. The average molecular weight is 435 g/mol. The van der Waals surface area contributed by atoms with Gasteiger partial charge in [0.1, 0.15) is 6.54 Å². The van der Waals surface area contributed by atoms with Crippen LogP contribution in [0.1, 0.15) is 46.0 Å². The Morgan fingerprint density at radius 1 is 1.03 bits per heavy atom. The number of hydrogen-bond donors (Lipinski definition) is 2. The van der Waals surface area contributed by atoms with E-state index in [0.717, 1.165) is 12.0 Å². The molecule has 0 atom stereocenters. The zero-order valence-electron chi connectivity index (χ0n) is 18.2. The molecule has 3 aromatic rings. The Kier molecular flexibility index (Phi) is 7.33. The second-order valence-electron chi connectivity index (χ2n) is 7.00. The number of nitrogens with zero attached hydrogens (tertiary/aromatic N) is 3. The van der Waals surface area contributed by atoms with Crippen molar-refractivity contribution in [2.75, 3.05) is 17.2 Å². The highest BCUT2D eigenvalue weighted by Gasteiger charge is 2.19. The predicted octanol–water partition coefficient (Wildman–Crippen LogP) is 3.22. The van der Waals surface area contributed by atoms with Crippen LogP contribution >= 0.6 is 0 Å². The van der Waals surface area contributed by atoms with Crippen molar-refractivity contribution in [3.05, 3.63) is 71.0 Å². The Hall–Kier alpha value is -4.01. The summed E-state index contributed by atoms with van der Waals surface area (Å²) in [6, 6.07) is 14.0. The monoisotopic (exact) mass is 435 g/mol. The first-order chi connectivity index (χ1) is 15.4. The summed E-state index contributed by atoms with van der Waals surface area (Å²) in [6.45, 7) is 5.53. The highest BCUT2D eigenvalue weighted by atomic mass is 16.5. The minimum absolute atomic E-state index is 0.138. The first-order valence-corrected chi connectivity index (χ1v) is 10.3. The van der Waals surface area contributed by atoms with Gasteiger partial charge in [0, 0.05) is 11.4 Å². The Bertz CT molecular complexity index is 1140. The van der Waals surface area contributed by atoms with Crippen LogP contribution in [0.15, 0.2) is 48.5 Å². The minimum Gasteiger partial charge on any atom is -0.462 e. The predicted molar refractivity (Wildman–Crippen MR) is 120 cm³/mol. The third-order valence-corrected chi connectivity index (χ3v) is 4.79. The first kappa shape index (κ1) is 22.7. The molecule has 0 unspecified atom stereocenters. The van der Waals surface area contributed by atoms with Gasteiger partial charge in [0.15, 0.2) is 5.69 Å². The van der Waals surface area contributed by atoms with Crippen LogP contribution in [-0.2, 0) is 22.5 Å². The molecular formula is C23H25N5O4. The van der Waals surface area contributed by atoms with Crippen LogP contribution in [0, 0.1) is 6.92 Å². The van der Waals surface area contributed by atoms with Gasteiger partial charge in [-0.1, -0.05) is 36.4 Å². The summed E-state index contributed by atoms with van der Waals surface area (Å²) < 4.78 is 6.32. The van der Waals surface area contributed by atoms with E-state index in [2.05, 4.69) is 20.9 Å². The number of amides is 2. The van der Waals surface area contributed by atoms with E-state index in [1.165, 1.54) is 10.7 Å². The van der Waals surface area contributed by atoms with Gasteiger partial charge in [0.25, 0.3) is 5.91 Å². The summed E-state index contributed by atoms with van der Waals surface area (Å²) in [5.74, 6) is -1.23.